The van der Waals surface area contributed by atoms with E-state index in [0.717, 1.165) is 38.5 Å². The van der Waals surface area contributed by atoms with E-state index in [-0.39, 0.29) is 17.3 Å². The zero-order valence-electron chi connectivity index (χ0n) is 15.7. The molecule has 0 heterocycles. The summed E-state index contributed by atoms with van der Waals surface area (Å²) in [4.78, 5) is 12.4. The molecule has 8 atom stereocenters. The summed E-state index contributed by atoms with van der Waals surface area (Å²) in [5.41, 5.74) is -1.41. The minimum atomic E-state index is -1.34. The Kier molecular flexibility index (Phi) is 4.14. The minimum absolute atomic E-state index is 0.123. The fourth-order valence-corrected chi connectivity index (χ4v) is 7.84. The molecule has 4 heteroatoms. The van der Waals surface area contributed by atoms with Gasteiger partial charge < -0.3 is 15.3 Å². The summed E-state index contributed by atoms with van der Waals surface area (Å²) >= 11 is 0. The summed E-state index contributed by atoms with van der Waals surface area (Å²) in [6.07, 6.45) is 8.58. The lowest BCUT2D eigenvalue weighted by molar-refractivity contribution is -0.174. The van der Waals surface area contributed by atoms with E-state index in [1.807, 2.05) is 0 Å². The van der Waals surface area contributed by atoms with Gasteiger partial charge in [-0.25, -0.2) is 0 Å². The molecule has 0 saturated heterocycles. The quantitative estimate of drug-likeness (QED) is 0.715. The molecule has 0 spiro atoms. The number of hydrogen-bond donors (Lipinski definition) is 3. The number of aliphatic hydroxyl groups is 3. The van der Waals surface area contributed by atoms with E-state index in [9.17, 15) is 20.1 Å². The van der Waals surface area contributed by atoms with E-state index in [1.54, 1.807) is 0 Å². The lowest BCUT2D eigenvalue weighted by atomic mass is 9.44. The molecule has 4 saturated carbocycles. The zero-order valence-corrected chi connectivity index (χ0v) is 15.7. The molecule has 0 radical (unpaired) electrons. The van der Waals surface area contributed by atoms with Gasteiger partial charge in [-0.15, -0.1) is 0 Å². The molecular weight excluding hydrogens is 316 g/mol. The Balaban J connectivity index is 1.63. The van der Waals surface area contributed by atoms with E-state index < -0.39 is 12.2 Å². The molecule has 4 nitrogen and oxygen atoms in total. The summed E-state index contributed by atoms with van der Waals surface area (Å²) in [7, 11) is 0. The fourth-order valence-electron chi connectivity index (χ4n) is 7.84. The van der Waals surface area contributed by atoms with Crippen molar-refractivity contribution in [3.63, 3.8) is 0 Å². The molecule has 0 aliphatic heterocycles. The second-order valence-electron chi connectivity index (χ2n) is 10.0. The summed E-state index contributed by atoms with van der Waals surface area (Å²) in [5, 5.41) is 30.7. The maximum Gasteiger partial charge on any atom is 0.190 e. The van der Waals surface area contributed by atoms with Crippen LogP contribution in [0, 0.1) is 34.5 Å². The van der Waals surface area contributed by atoms with Gasteiger partial charge in [0.25, 0.3) is 0 Å². The van der Waals surface area contributed by atoms with Crippen molar-refractivity contribution in [1.29, 1.82) is 0 Å². The van der Waals surface area contributed by atoms with Crippen LogP contribution in [0.15, 0.2) is 0 Å². The van der Waals surface area contributed by atoms with Gasteiger partial charge in [0, 0.05) is 5.41 Å². The predicted molar refractivity (Wildman–Crippen MR) is 94.8 cm³/mol. The second kappa shape index (κ2) is 5.77. The topological polar surface area (TPSA) is 77.8 Å². The third-order valence-corrected chi connectivity index (χ3v) is 9.39. The van der Waals surface area contributed by atoms with Crippen LogP contribution >= 0.6 is 0 Å². The Labute approximate surface area is 151 Å². The van der Waals surface area contributed by atoms with Crippen molar-refractivity contribution < 1.29 is 20.1 Å². The molecule has 0 bridgehead atoms. The largest absolute Gasteiger partial charge is 0.393 e. The lowest BCUT2D eigenvalue weighted by Crippen LogP contribution is -2.59. The van der Waals surface area contributed by atoms with Crippen LogP contribution in [0.4, 0.5) is 0 Å². The minimum Gasteiger partial charge on any atom is -0.393 e. The highest BCUT2D eigenvalue weighted by Gasteiger charge is 2.66. The van der Waals surface area contributed by atoms with Crippen molar-refractivity contribution in [2.45, 2.75) is 83.3 Å². The molecule has 0 aromatic carbocycles. The van der Waals surface area contributed by atoms with E-state index in [0.29, 0.717) is 35.5 Å². The van der Waals surface area contributed by atoms with Gasteiger partial charge in [0.15, 0.2) is 5.78 Å². The Hall–Kier alpha value is -0.450. The van der Waals surface area contributed by atoms with Gasteiger partial charge in [0.05, 0.1) is 6.10 Å². The van der Waals surface area contributed by atoms with Crippen molar-refractivity contribution in [2.75, 3.05) is 6.61 Å². The average molecular weight is 350 g/mol. The first-order chi connectivity index (χ1) is 11.8. The third-order valence-electron chi connectivity index (χ3n) is 9.39. The molecule has 3 N–H and O–H groups in total. The van der Waals surface area contributed by atoms with Crippen molar-refractivity contribution in [3.05, 3.63) is 0 Å². The number of aliphatic hydroxyl groups excluding tert-OH is 2. The van der Waals surface area contributed by atoms with Gasteiger partial charge >= 0.3 is 0 Å². The van der Waals surface area contributed by atoms with Gasteiger partial charge in [-0.05, 0) is 86.9 Å². The number of carbonyl (C=O) groups excluding carboxylic acids is 1. The normalized spacial score (nSPS) is 55.2. The molecule has 142 valence electrons. The van der Waals surface area contributed by atoms with Crippen LogP contribution in [0.3, 0.4) is 0 Å². The van der Waals surface area contributed by atoms with Crippen LogP contribution < -0.4 is 0 Å². The smallest absolute Gasteiger partial charge is 0.190 e. The van der Waals surface area contributed by atoms with Gasteiger partial charge in [0.2, 0.25) is 0 Å². The number of Topliss-reactive ketones (excluding diaryl/α,β-unsaturated/α-hetero) is 1. The molecule has 0 aromatic heterocycles. The van der Waals surface area contributed by atoms with Gasteiger partial charge in [-0.1, -0.05) is 13.8 Å². The molecule has 25 heavy (non-hydrogen) atoms. The van der Waals surface area contributed by atoms with Crippen molar-refractivity contribution in [2.24, 2.45) is 34.5 Å². The lowest BCUT2D eigenvalue weighted by Gasteiger charge is -2.61. The highest BCUT2D eigenvalue weighted by atomic mass is 16.3. The first-order valence-electron chi connectivity index (χ1n) is 10.3. The van der Waals surface area contributed by atoms with Crippen LogP contribution in [-0.4, -0.2) is 39.4 Å². The first-order valence-corrected chi connectivity index (χ1v) is 10.3. The molecule has 0 aromatic rings. The molecule has 4 rings (SSSR count). The van der Waals surface area contributed by atoms with Crippen molar-refractivity contribution in [3.8, 4) is 0 Å². The third kappa shape index (κ3) is 2.26. The van der Waals surface area contributed by atoms with Gasteiger partial charge in [-0.3, -0.25) is 4.79 Å². The van der Waals surface area contributed by atoms with Crippen LogP contribution in [0.1, 0.15) is 71.6 Å². The van der Waals surface area contributed by atoms with Crippen LogP contribution in [-0.2, 0) is 4.79 Å². The second-order valence-corrected chi connectivity index (χ2v) is 10.0. The first kappa shape index (κ1) is 17.9. The molecule has 0 amide bonds. The Bertz CT molecular complexity index is 562. The average Bonchev–Trinajstić information content (AvgIpc) is 2.87. The van der Waals surface area contributed by atoms with E-state index in [4.69, 9.17) is 0 Å². The number of rotatable bonds is 2. The standard InChI is InChI=1S/C21H34O4/c1-19-8-5-14(23)11-13(19)3-4-15-16(19)6-9-20(2)17(15)7-10-21(20,25)18(24)12-22/h13-17,22-23,25H,3-12H2,1-2H3/t13-,14-,15-,16?,17+,19+,20+,21+/m1/s1. The van der Waals surface area contributed by atoms with E-state index in [1.165, 1.54) is 12.8 Å². The maximum atomic E-state index is 12.4. The molecule has 1 unspecified atom stereocenters. The van der Waals surface area contributed by atoms with Crippen LogP contribution in [0.2, 0.25) is 0 Å². The SMILES string of the molecule is C[C@]12CCC3[C@@H](CC[C@@H]4C[C@H](O)CC[C@]34C)[C@@H]1CC[C@]2(O)C(=O)CO. The van der Waals surface area contributed by atoms with Crippen molar-refractivity contribution in [1.82, 2.24) is 0 Å². The Morgan fingerprint density at radius 1 is 1.00 bits per heavy atom. The molecular formula is C21H34O4. The molecule has 4 aliphatic rings. The fraction of sp³-hybridized carbons (Fsp3) is 0.952. The monoisotopic (exact) mass is 350 g/mol. The Morgan fingerprint density at radius 3 is 2.44 bits per heavy atom. The van der Waals surface area contributed by atoms with Gasteiger partial charge in [0.1, 0.15) is 12.2 Å². The Morgan fingerprint density at radius 2 is 1.72 bits per heavy atom. The highest BCUT2D eigenvalue weighted by Crippen LogP contribution is 2.68. The molecule has 4 aliphatic carbocycles. The summed E-state index contributed by atoms with van der Waals surface area (Å²) in [5.74, 6) is 1.87. The highest BCUT2D eigenvalue weighted by molar-refractivity contribution is 5.89. The number of fused-ring (bicyclic) bond motifs is 5. The summed E-state index contributed by atoms with van der Waals surface area (Å²) < 4.78 is 0. The van der Waals surface area contributed by atoms with Crippen molar-refractivity contribution >= 4 is 5.78 Å². The zero-order chi connectivity index (χ0) is 18.0. The maximum absolute atomic E-state index is 12.4. The van der Waals surface area contributed by atoms with E-state index in [2.05, 4.69) is 13.8 Å². The number of ketones is 1. The molecule has 4 fully saturated rings. The van der Waals surface area contributed by atoms with Crippen LogP contribution in [0.5, 0.6) is 0 Å². The number of hydrogen-bond acceptors (Lipinski definition) is 4. The summed E-state index contributed by atoms with van der Waals surface area (Å²) in [6.45, 7) is 4.00. The predicted octanol–water partition coefficient (Wildman–Crippen LogP) is 2.68. The van der Waals surface area contributed by atoms with Gasteiger partial charge in [-0.2, -0.15) is 0 Å². The van der Waals surface area contributed by atoms with E-state index >= 15 is 0 Å². The van der Waals surface area contributed by atoms with Crippen LogP contribution in [0.25, 0.3) is 0 Å². The summed E-state index contributed by atoms with van der Waals surface area (Å²) in [6, 6.07) is 0. The number of carbonyl (C=O) groups is 1.